The van der Waals surface area contributed by atoms with Crippen LogP contribution in [0.2, 0.25) is 0 Å². The molecule has 0 heterocycles. The van der Waals surface area contributed by atoms with Crippen LogP contribution in [0.15, 0.2) is 28.2 Å². The van der Waals surface area contributed by atoms with Crippen LogP contribution in [0.25, 0.3) is 6.08 Å². The fourth-order valence-corrected chi connectivity index (χ4v) is 2.29. The van der Waals surface area contributed by atoms with E-state index in [4.69, 9.17) is 5.73 Å². The molecule has 0 atom stereocenters. The van der Waals surface area contributed by atoms with E-state index in [1.54, 1.807) is 0 Å². The fourth-order valence-electron chi connectivity index (χ4n) is 1.71. The summed E-state index contributed by atoms with van der Waals surface area (Å²) in [6, 6.07) is 6.31. The maximum Gasteiger partial charge on any atom is 0.0213 e. The second-order valence-electron chi connectivity index (χ2n) is 3.31. The molecule has 2 heteroatoms. The number of nitrogens with two attached hydrogens (primary N) is 1. The highest BCUT2D eigenvalue weighted by Gasteiger charge is 2.11. The van der Waals surface area contributed by atoms with Crippen molar-refractivity contribution in [3.05, 3.63) is 39.4 Å². The Labute approximate surface area is 86.8 Å². The van der Waals surface area contributed by atoms with Gasteiger partial charge in [-0.1, -0.05) is 39.7 Å². The molecule has 1 aliphatic carbocycles. The molecule has 0 bridgehead atoms. The van der Waals surface area contributed by atoms with Gasteiger partial charge in [0.1, 0.15) is 0 Å². The van der Waals surface area contributed by atoms with Crippen molar-refractivity contribution >= 4 is 22.0 Å². The molecule has 1 aromatic rings. The van der Waals surface area contributed by atoms with Crippen molar-refractivity contribution in [3.63, 3.8) is 0 Å². The lowest BCUT2D eigenvalue weighted by Gasteiger charge is -2.16. The number of hydrogen-bond acceptors (Lipinski definition) is 1. The average Bonchev–Trinajstić information content (AvgIpc) is 2.18. The third-order valence-electron chi connectivity index (χ3n) is 2.47. The van der Waals surface area contributed by atoms with Gasteiger partial charge in [-0.25, -0.2) is 0 Å². The van der Waals surface area contributed by atoms with Crippen LogP contribution in [0.4, 0.5) is 0 Å². The van der Waals surface area contributed by atoms with Gasteiger partial charge < -0.3 is 5.73 Å². The maximum absolute atomic E-state index is 5.62. The van der Waals surface area contributed by atoms with Crippen molar-refractivity contribution in [2.24, 2.45) is 5.73 Å². The van der Waals surface area contributed by atoms with E-state index in [9.17, 15) is 0 Å². The topological polar surface area (TPSA) is 26.0 Å². The molecular weight excluding hydrogens is 226 g/mol. The maximum atomic E-state index is 5.62. The zero-order chi connectivity index (χ0) is 9.26. The molecule has 68 valence electrons. The molecule has 0 saturated carbocycles. The molecule has 0 amide bonds. The first-order valence-electron chi connectivity index (χ1n) is 4.48. The number of benzene rings is 1. The summed E-state index contributed by atoms with van der Waals surface area (Å²) in [7, 11) is 0. The van der Waals surface area contributed by atoms with Crippen molar-refractivity contribution in [2.75, 3.05) is 6.54 Å². The van der Waals surface area contributed by atoms with E-state index in [-0.39, 0.29) is 0 Å². The van der Waals surface area contributed by atoms with Crippen LogP contribution in [-0.4, -0.2) is 6.54 Å². The standard InChI is InChI=1S/C11H12BrN/c12-11-3-1-2-9-6-8(7-13)4-5-10(9)11/h1-3,6H,4-5,7,13H2. The van der Waals surface area contributed by atoms with Gasteiger partial charge >= 0.3 is 0 Å². The normalized spacial score (nSPS) is 15.1. The smallest absolute Gasteiger partial charge is 0.0213 e. The van der Waals surface area contributed by atoms with Gasteiger partial charge in [-0.2, -0.15) is 0 Å². The van der Waals surface area contributed by atoms with Gasteiger partial charge in [0.2, 0.25) is 0 Å². The number of hydrogen-bond donors (Lipinski definition) is 1. The lowest BCUT2D eigenvalue weighted by molar-refractivity contribution is 0.889. The Morgan fingerprint density at radius 3 is 2.92 bits per heavy atom. The Kier molecular flexibility index (Phi) is 2.51. The summed E-state index contributed by atoms with van der Waals surface area (Å²) in [4.78, 5) is 0. The molecule has 0 unspecified atom stereocenters. The lowest BCUT2D eigenvalue weighted by atomic mass is 9.92. The van der Waals surface area contributed by atoms with E-state index in [0.717, 1.165) is 12.8 Å². The fraction of sp³-hybridized carbons (Fsp3) is 0.273. The zero-order valence-corrected chi connectivity index (χ0v) is 8.97. The van der Waals surface area contributed by atoms with E-state index in [0.29, 0.717) is 6.54 Å². The van der Waals surface area contributed by atoms with Gasteiger partial charge in [-0.15, -0.1) is 0 Å². The summed E-state index contributed by atoms with van der Waals surface area (Å²) < 4.78 is 1.22. The van der Waals surface area contributed by atoms with Crippen LogP contribution < -0.4 is 5.73 Å². The molecule has 2 N–H and O–H groups in total. The predicted molar refractivity (Wildman–Crippen MR) is 59.5 cm³/mol. The summed E-state index contributed by atoms with van der Waals surface area (Å²) in [5, 5.41) is 0. The van der Waals surface area contributed by atoms with Gasteiger partial charge in [0.05, 0.1) is 0 Å². The molecule has 1 aliphatic rings. The molecular formula is C11H12BrN. The summed E-state index contributed by atoms with van der Waals surface area (Å²) in [6.07, 6.45) is 4.43. The summed E-state index contributed by atoms with van der Waals surface area (Å²) in [5.74, 6) is 0. The first kappa shape index (κ1) is 8.97. The van der Waals surface area contributed by atoms with Crippen molar-refractivity contribution in [2.45, 2.75) is 12.8 Å². The molecule has 0 radical (unpaired) electrons. The summed E-state index contributed by atoms with van der Waals surface area (Å²) in [5.41, 5.74) is 9.71. The Morgan fingerprint density at radius 2 is 2.15 bits per heavy atom. The minimum absolute atomic E-state index is 0.686. The van der Waals surface area contributed by atoms with E-state index < -0.39 is 0 Å². The molecule has 1 aromatic carbocycles. The Balaban J connectivity index is 2.47. The van der Waals surface area contributed by atoms with Crippen LogP contribution in [0.3, 0.4) is 0 Å². The molecule has 1 nitrogen and oxygen atoms in total. The minimum atomic E-state index is 0.686. The van der Waals surface area contributed by atoms with Gasteiger partial charge in [-0.3, -0.25) is 0 Å². The lowest BCUT2D eigenvalue weighted by Crippen LogP contribution is -2.08. The summed E-state index contributed by atoms with van der Waals surface area (Å²) in [6.45, 7) is 0.686. The monoisotopic (exact) mass is 237 g/mol. The molecule has 0 spiro atoms. The third kappa shape index (κ3) is 1.69. The van der Waals surface area contributed by atoms with E-state index in [2.05, 4.69) is 40.2 Å². The highest BCUT2D eigenvalue weighted by atomic mass is 79.9. The minimum Gasteiger partial charge on any atom is -0.327 e. The SMILES string of the molecule is NCC1=Cc2cccc(Br)c2CC1. The van der Waals surface area contributed by atoms with Crippen molar-refractivity contribution in [1.82, 2.24) is 0 Å². The Hall–Kier alpha value is -0.600. The second kappa shape index (κ2) is 3.64. The quantitative estimate of drug-likeness (QED) is 0.799. The highest BCUT2D eigenvalue weighted by molar-refractivity contribution is 9.10. The zero-order valence-electron chi connectivity index (χ0n) is 7.39. The molecule has 2 rings (SSSR count). The highest BCUT2D eigenvalue weighted by Crippen LogP contribution is 2.29. The van der Waals surface area contributed by atoms with E-state index >= 15 is 0 Å². The van der Waals surface area contributed by atoms with Gasteiger partial charge in [0, 0.05) is 11.0 Å². The van der Waals surface area contributed by atoms with Gasteiger partial charge in [0.15, 0.2) is 0 Å². The molecule has 13 heavy (non-hydrogen) atoms. The van der Waals surface area contributed by atoms with Crippen LogP contribution >= 0.6 is 15.9 Å². The Morgan fingerprint density at radius 1 is 1.31 bits per heavy atom. The largest absolute Gasteiger partial charge is 0.327 e. The van der Waals surface area contributed by atoms with Crippen LogP contribution in [-0.2, 0) is 6.42 Å². The van der Waals surface area contributed by atoms with E-state index in [1.807, 2.05) is 0 Å². The second-order valence-corrected chi connectivity index (χ2v) is 4.17. The third-order valence-corrected chi connectivity index (χ3v) is 3.22. The van der Waals surface area contributed by atoms with Crippen LogP contribution in [0.1, 0.15) is 17.5 Å². The number of rotatable bonds is 1. The number of fused-ring (bicyclic) bond motifs is 1. The van der Waals surface area contributed by atoms with E-state index in [1.165, 1.54) is 21.2 Å². The van der Waals surface area contributed by atoms with Crippen LogP contribution in [0, 0.1) is 0 Å². The van der Waals surface area contributed by atoms with Crippen LogP contribution in [0.5, 0.6) is 0 Å². The van der Waals surface area contributed by atoms with Crippen molar-refractivity contribution in [3.8, 4) is 0 Å². The Bertz CT molecular complexity index is 355. The summed E-state index contributed by atoms with van der Waals surface area (Å²) >= 11 is 3.56. The van der Waals surface area contributed by atoms with Crippen molar-refractivity contribution < 1.29 is 0 Å². The first-order chi connectivity index (χ1) is 6.31. The van der Waals surface area contributed by atoms with Gasteiger partial charge in [-0.05, 0) is 30.0 Å². The first-order valence-corrected chi connectivity index (χ1v) is 5.27. The molecule has 0 aromatic heterocycles. The molecule has 0 fully saturated rings. The predicted octanol–water partition coefficient (Wildman–Crippen LogP) is 2.74. The van der Waals surface area contributed by atoms with Crippen molar-refractivity contribution in [1.29, 1.82) is 0 Å². The average molecular weight is 238 g/mol. The molecule has 0 saturated heterocycles. The number of halogens is 1. The molecule has 0 aliphatic heterocycles. The van der Waals surface area contributed by atoms with Gasteiger partial charge in [0.25, 0.3) is 0 Å².